The monoisotopic (exact) mass is 247 g/mol. The first-order valence-corrected chi connectivity index (χ1v) is 6.34. The molecule has 15 heavy (non-hydrogen) atoms. The Labute approximate surface area is 98.8 Å². The molecular formula is C9H14ClN3OS. The molecule has 0 bridgehead atoms. The van der Waals surface area contributed by atoms with Gasteiger partial charge in [-0.25, -0.2) is 4.98 Å². The van der Waals surface area contributed by atoms with E-state index < -0.39 is 0 Å². The molecule has 1 rings (SSSR count). The zero-order valence-corrected chi connectivity index (χ0v) is 10.4. The molecular weight excluding hydrogens is 234 g/mol. The van der Waals surface area contributed by atoms with Crippen LogP contribution in [0, 0.1) is 0 Å². The molecule has 0 fully saturated rings. The average Bonchev–Trinajstić information content (AvgIpc) is 2.26. The van der Waals surface area contributed by atoms with Crippen LogP contribution in [-0.2, 0) is 0 Å². The largest absolute Gasteiger partial charge is 0.467 e. The van der Waals surface area contributed by atoms with E-state index in [0.717, 1.165) is 18.7 Å². The Kier molecular flexibility index (Phi) is 5.57. The molecule has 4 nitrogen and oxygen atoms in total. The normalized spacial score (nSPS) is 10.1. The quantitative estimate of drug-likeness (QED) is 0.782. The van der Waals surface area contributed by atoms with Gasteiger partial charge in [-0.2, -0.15) is 16.7 Å². The van der Waals surface area contributed by atoms with E-state index in [0.29, 0.717) is 16.9 Å². The molecule has 0 aliphatic rings. The van der Waals surface area contributed by atoms with Crippen LogP contribution >= 0.6 is 23.4 Å². The number of rotatable bonds is 6. The van der Waals surface area contributed by atoms with Gasteiger partial charge in [0, 0.05) is 6.54 Å². The molecule has 84 valence electrons. The molecule has 0 aliphatic heterocycles. The molecule has 0 spiro atoms. The Morgan fingerprint density at radius 1 is 1.60 bits per heavy atom. The SMILES string of the molecule is COc1ncc(Cl)c(NCCCSC)n1. The Morgan fingerprint density at radius 3 is 3.07 bits per heavy atom. The van der Waals surface area contributed by atoms with Crippen LogP contribution in [0.5, 0.6) is 6.01 Å². The van der Waals surface area contributed by atoms with Crippen molar-refractivity contribution in [3.8, 4) is 6.01 Å². The van der Waals surface area contributed by atoms with E-state index >= 15 is 0 Å². The van der Waals surface area contributed by atoms with Gasteiger partial charge in [0.2, 0.25) is 0 Å². The first kappa shape index (κ1) is 12.4. The van der Waals surface area contributed by atoms with Crippen molar-refractivity contribution in [1.82, 2.24) is 9.97 Å². The summed E-state index contributed by atoms with van der Waals surface area (Å²) in [5.74, 6) is 1.75. The van der Waals surface area contributed by atoms with Crippen LogP contribution in [0.3, 0.4) is 0 Å². The number of aromatic nitrogens is 2. The molecule has 0 atom stereocenters. The summed E-state index contributed by atoms with van der Waals surface area (Å²) in [7, 11) is 1.53. The van der Waals surface area contributed by atoms with Crippen LogP contribution in [0.15, 0.2) is 6.20 Å². The smallest absolute Gasteiger partial charge is 0.318 e. The van der Waals surface area contributed by atoms with Crippen molar-refractivity contribution in [3.63, 3.8) is 0 Å². The maximum absolute atomic E-state index is 5.92. The molecule has 0 saturated heterocycles. The second-order valence-corrected chi connectivity index (χ2v) is 4.22. The van der Waals surface area contributed by atoms with Crippen LogP contribution in [-0.4, -0.2) is 35.6 Å². The van der Waals surface area contributed by atoms with Crippen molar-refractivity contribution < 1.29 is 4.74 Å². The highest BCUT2D eigenvalue weighted by Crippen LogP contribution is 2.19. The lowest BCUT2D eigenvalue weighted by atomic mass is 10.4. The van der Waals surface area contributed by atoms with E-state index in [9.17, 15) is 0 Å². The number of nitrogens with one attached hydrogen (secondary N) is 1. The standard InChI is InChI=1S/C9H14ClN3OS/c1-14-9-12-6-7(10)8(13-9)11-4-3-5-15-2/h6H,3-5H2,1-2H3,(H,11,12,13). The minimum Gasteiger partial charge on any atom is -0.467 e. The summed E-state index contributed by atoms with van der Waals surface area (Å²) in [5.41, 5.74) is 0. The van der Waals surface area contributed by atoms with Gasteiger partial charge in [-0.15, -0.1) is 0 Å². The number of hydrogen-bond acceptors (Lipinski definition) is 5. The Hall–Kier alpha value is -0.680. The van der Waals surface area contributed by atoms with Gasteiger partial charge in [0.15, 0.2) is 5.82 Å². The third kappa shape index (κ3) is 4.13. The molecule has 0 saturated carbocycles. The zero-order valence-electron chi connectivity index (χ0n) is 8.79. The molecule has 0 aromatic carbocycles. The van der Waals surface area contributed by atoms with Crippen LogP contribution < -0.4 is 10.1 Å². The lowest BCUT2D eigenvalue weighted by Crippen LogP contribution is -2.06. The van der Waals surface area contributed by atoms with Gasteiger partial charge in [-0.1, -0.05) is 11.6 Å². The molecule has 1 aromatic heterocycles. The maximum Gasteiger partial charge on any atom is 0.318 e. The topological polar surface area (TPSA) is 47.0 Å². The fraction of sp³-hybridized carbons (Fsp3) is 0.556. The van der Waals surface area contributed by atoms with Gasteiger partial charge in [0.05, 0.1) is 13.3 Å². The van der Waals surface area contributed by atoms with Crippen molar-refractivity contribution >= 4 is 29.2 Å². The number of methoxy groups -OCH3 is 1. The Bertz CT molecular complexity index is 311. The third-order valence-corrected chi connectivity index (χ3v) is 2.70. The number of anilines is 1. The highest BCUT2D eigenvalue weighted by Gasteiger charge is 2.04. The lowest BCUT2D eigenvalue weighted by Gasteiger charge is -2.07. The molecule has 1 aromatic rings. The van der Waals surface area contributed by atoms with Crippen molar-refractivity contribution in [2.45, 2.75) is 6.42 Å². The van der Waals surface area contributed by atoms with E-state index in [1.54, 1.807) is 0 Å². The first-order valence-electron chi connectivity index (χ1n) is 4.57. The third-order valence-electron chi connectivity index (χ3n) is 1.72. The van der Waals surface area contributed by atoms with Gasteiger partial charge in [0.25, 0.3) is 0 Å². The number of nitrogens with zero attached hydrogens (tertiary/aromatic N) is 2. The van der Waals surface area contributed by atoms with Gasteiger partial charge >= 0.3 is 6.01 Å². The van der Waals surface area contributed by atoms with Crippen LogP contribution in [0.25, 0.3) is 0 Å². The van der Waals surface area contributed by atoms with E-state index in [-0.39, 0.29) is 0 Å². The highest BCUT2D eigenvalue weighted by molar-refractivity contribution is 7.98. The van der Waals surface area contributed by atoms with Crippen molar-refractivity contribution in [1.29, 1.82) is 0 Å². The van der Waals surface area contributed by atoms with E-state index in [4.69, 9.17) is 16.3 Å². The van der Waals surface area contributed by atoms with E-state index in [1.807, 2.05) is 11.8 Å². The minimum absolute atomic E-state index is 0.326. The number of halogens is 1. The van der Waals surface area contributed by atoms with Crippen molar-refractivity contribution in [3.05, 3.63) is 11.2 Å². The summed E-state index contributed by atoms with van der Waals surface area (Å²) in [6.07, 6.45) is 4.69. The molecule has 0 amide bonds. The predicted octanol–water partition coefficient (Wildman–Crippen LogP) is 2.30. The number of hydrogen-bond donors (Lipinski definition) is 1. The summed E-state index contributed by atoms with van der Waals surface area (Å²) in [5, 5.41) is 3.66. The number of ether oxygens (including phenoxy) is 1. The first-order chi connectivity index (χ1) is 7.27. The average molecular weight is 248 g/mol. The second kappa shape index (κ2) is 6.74. The summed E-state index contributed by atoms with van der Waals surface area (Å²) >= 11 is 7.74. The van der Waals surface area contributed by atoms with Gasteiger partial charge < -0.3 is 10.1 Å². The van der Waals surface area contributed by atoms with Crippen molar-refractivity contribution in [2.24, 2.45) is 0 Å². The van der Waals surface area contributed by atoms with Gasteiger partial charge in [-0.3, -0.25) is 0 Å². The van der Waals surface area contributed by atoms with Crippen LogP contribution in [0.2, 0.25) is 5.02 Å². The zero-order chi connectivity index (χ0) is 11.1. The van der Waals surface area contributed by atoms with Gasteiger partial charge in [-0.05, 0) is 18.4 Å². The highest BCUT2D eigenvalue weighted by atomic mass is 35.5. The maximum atomic E-state index is 5.92. The fourth-order valence-corrected chi connectivity index (χ4v) is 1.59. The van der Waals surface area contributed by atoms with Crippen LogP contribution in [0.1, 0.15) is 6.42 Å². The summed E-state index contributed by atoms with van der Waals surface area (Å²) in [6.45, 7) is 0.848. The second-order valence-electron chi connectivity index (χ2n) is 2.83. The molecule has 0 unspecified atom stereocenters. The molecule has 6 heteroatoms. The predicted molar refractivity (Wildman–Crippen MR) is 65.1 cm³/mol. The lowest BCUT2D eigenvalue weighted by molar-refractivity contribution is 0.380. The summed E-state index contributed by atoms with van der Waals surface area (Å²) in [4.78, 5) is 8.00. The van der Waals surface area contributed by atoms with Crippen LogP contribution in [0.4, 0.5) is 5.82 Å². The van der Waals surface area contributed by atoms with Gasteiger partial charge in [0.1, 0.15) is 5.02 Å². The minimum atomic E-state index is 0.326. The van der Waals surface area contributed by atoms with Crippen molar-refractivity contribution in [2.75, 3.05) is 31.0 Å². The van der Waals surface area contributed by atoms with E-state index in [1.165, 1.54) is 13.3 Å². The fourth-order valence-electron chi connectivity index (χ4n) is 0.997. The molecule has 1 N–H and O–H groups in total. The molecule has 0 radical (unpaired) electrons. The Balaban J connectivity index is 2.51. The molecule has 1 heterocycles. The van der Waals surface area contributed by atoms with E-state index in [2.05, 4.69) is 21.5 Å². The molecule has 0 aliphatic carbocycles. The summed E-state index contributed by atoms with van der Waals surface area (Å²) < 4.78 is 4.91. The summed E-state index contributed by atoms with van der Waals surface area (Å²) in [6, 6.07) is 0.326. The Morgan fingerprint density at radius 2 is 2.40 bits per heavy atom. The number of thioether (sulfide) groups is 1.